The van der Waals surface area contributed by atoms with E-state index in [1.807, 2.05) is 0 Å². The predicted molar refractivity (Wildman–Crippen MR) is 102 cm³/mol. The molecule has 0 saturated heterocycles. The van der Waals surface area contributed by atoms with Crippen molar-refractivity contribution in [2.45, 2.75) is 12.7 Å². The summed E-state index contributed by atoms with van der Waals surface area (Å²) in [5, 5.41) is 2.81. The molecule has 1 N–H and O–H groups in total. The lowest BCUT2D eigenvalue weighted by atomic mass is 10.1. The first-order valence-corrected chi connectivity index (χ1v) is 8.69. The Hall–Kier alpha value is -3.55. The molecule has 0 aliphatic rings. The van der Waals surface area contributed by atoms with Crippen molar-refractivity contribution in [3.63, 3.8) is 0 Å². The third kappa shape index (κ3) is 5.25. The largest absolute Gasteiger partial charge is 0.434 e. The van der Waals surface area contributed by atoms with Crippen molar-refractivity contribution in [2.75, 3.05) is 0 Å². The Morgan fingerprint density at radius 3 is 2.55 bits per heavy atom. The maximum absolute atomic E-state index is 13.3. The molecule has 0 bridgehead atoms. The highest BCUT2D eigenvalue weighted by atomic mass is 19.3. The SMILES string of the molecule is Cn1ccnc1C(NC(=O)/C=C/c1ccccc1OC(F)F)c1ccc(F)cc1. The van der Waals surface area contributed by atoms with E-state index in [1.54, 1.807) is 54.3 Å². The van der Waals surface area contributed by atoms with Crippen molar-refractivity contribution in [1.29, 1.82) is 0 Å². The molecule has 1 atom stereocenters. The molecule has 150 valence electrons. The van der Waals surface area contributed by atoms with Gasteiger partial charge in [-0.1, -0.05) is 30.3 Å². The molecule has 29 heavy (non-hydrogen) atoms. The van der Waals surface area contributed by atoms with Gasteiger partial charge in [-0.15, -0.1) is 0 Å². The second-order valence-corrected chi connectivity index (χ2v) is 6.14. The lowest BCUT2D eigenvalue weighted by Crippen LogP contribution is -2.29. The first-order chi connectivity index (χ1) is 13.9. The summed E-state index contributed by atoms with van der Waals surface area (Å²) in [7, 11) is 1.78. The average molecular weight is 401 g/mol. The molecule has 3 aromatic rings. The molecule has 0 aliphatic heterocycles. The van der Waals surface area contributed by atoms with Crippen molar-refractivity contribution < 1.29 is 22.7 Å². The van der Waals surface area contributed by atoms with Crippen LogP contribution in [0.3, 0.4) is 0 Å². The van der Waals surface area contributed by atoms with Gasteiger partial charge >= 0.3 is 6.61 Å². The minimum atomic E-state index is -2.97. The summed E-state index contributed by atoms with van der Waals surface area (Å²) in [6, 6.07) is 11.2. The van der Waals surface area contributed by atoms with Crippen molar-refractivity contribution >= 4 is 12.0 Å². The summed E-state index contributed by atoms with van der Waals surface area (Å²) < 4.78 is 44.5. The topological polar surface area (TPSA) is 56.2 Å². The van der Waals surface area contributed by atoms with Gasteiger partial charge in [0, 0.05) is 31.1 Å². The van der Waals surface area contributed by atoms with Crippen LogP contribution in [0.4, 0.5) is 13.2 Å². The van der Waals surface area contributed by atoms with Crippen molar-refractivity contribution in [1.82, 2.24) is 14.9 Å². The third-order valence-electron chi connectivity index (χ3n) is 4.16. The van der Waals surface area contributed by atoms with E-state index >= 15 is 0 Å². The van der Waals surface area contributed by atoms with Gasteiger partial charge < -0.3 is 14.6 Å². The number of carbonyl (C=O) groups excluding carboxylic acids is 1. The normalized spacial score (nSPS) is 12.3. The number of ether oxygens (including phenoxy) is 1. The summed E-state index contributed by atoms with van der Waals surface area (Å²) in [4.78, 5) is 16.8. The number of hydrogen-bond acceptors (Lipinski definition) is 3. The number of benzene rings is 2. The molecule has 0 radical (unpaired) electrons. The van der Waals surface area contributed by atoms with Crippen LogP contribution in [0.25, 0.3) is 6.08 Å². The van der Waals surface area contributed by atoms with Crippen molar-refractivity contribution in [3.8, 4) is 5.75 Å². The molecule has 1 unspecified atom stereocenters. The highest BCUT2D eigenvalue weighted by Crippen LogP contribution is 2.23. The minimum absolute atomic E-state index is 0.0364. The lowest BCUT2D eigenvalue weighted by molar-refractivity contribution is -0.117. The van der Waals surface area contributed by atoms with Crippen LogP contribution in [0.15, 0.2) is 67.0 Å². The van der Waals surface area contributed by atoms with Gasteiger partial charge in [0.15, 0.2) is 0 Å². The number of aryl methyl sites for hydroxylation is 1. The molecule has 5 nitrogen and oxygen atoms in total. The fourth-order valence-electron chi connectivity index (χ4n) is 2.78. The molecular weight excluding hydrogens is 383 g/mol. The van der Waals surface area contributed by atoms with Crippen LogP contribution in [0.5, 0.6) is 5.75 Å². The van der Waals surface area contributed by atoms with Crippen LogP contribution >= 0.6 is 0 Å². The van der Waals surface area contributed by atoms with Gasteiger partial charge in [0.25, 0.3) is 0 Å². The molecular formula is C21H18F3N3O2. The van der Waals surface area contributed by atoms with Gasteiger partial charge in [0.05, 0.1) is 0 Å². The summed E-state index contributed by atoms with van der Waals surface area (Å²) in [5.41, 5.74) is 0.974. The van der Waals surface area contributed by atoms with Gasteiger partial charge in [0.1, 0.15) is 23.4 Å². The van der Waals surface area contributed by atoms with E-state index in [4.69, 9.17) is 0 Å². The minimum Gasteiger partial charge on any atom is -0.434 e. The standard InChI is InChI=1S/C21H18F3N3O2/c1-27-13-12-25-20(27)19(15-6-9-16(22)10-7-15)26-18(28)11-8-14-4-2-3-5-17(14)29-21(23)24/h2-13,19,21H,1H3,(H,26,28)/b11-8+. The molecule has 1 amide bonds. The van der Waals surface area contributed by atoms with Gasteiger partial charge in [-0.2, -0.15) is 8.78 Å². The first kappa shape index (κ1) is 20.2. The summed E-state index contributed by atoms with van der Waals surface area (Å²) in [5.74, 6) is -0.353. The number of nitrogens with zero attached hydrogens (tertiary/aromatic N) is 2. The van der Waals surface area contributed by atoms with Crippen LogP contribution < -0.4 is 10.1 Å². The average Bonchev–Trinajstić information content (AvgIpc) is 3.11. The second-order valence-electron chi connectivity index (χ2n) is 6.14. The number of imidazole rings is 1. The van der Waals surface area contributed by atoms with Crippen LogP contribution in [-0.2, 0) is 11.8 Å². The Bertz CT molecular complexity index is 1000. The fraction of sp³-hybridized carbons (Fsp3) is 0.143. The predicted octanol–water partition coefficient (Wildman–Crippen LogP) is 4.08. The number of aromatic nitrogens is 2. The zero-order chi connectivity index (χ0) is 20.8. The first-order valence-electron chi connectivity index (χ1n) is 8.69. The van der Waals surface area contributed by atoms with E-state index in [0.717, 1.165) is 0 Å². The zero-order valence-corrected chi connectivity index (χ0v) is 15.4. The maximum Gasteiger partial charge on any atom is 0.387 e. The van der Waals surface area contributed by atoms with E-state index in [-0.39, 0.29) is 5.75 Å². The third-order valence-corrected chi connectivity index (χ3v) is 4.16. The molecule has 0 saturated carbocycles. The number of amides is 1. The highest BCUT2D eigenvalue weighted by Gasteiger charge is 2.20. The molecule has 0 spiro atoms. The van der Waals surface area contributed by atoms with Crippen molar-refractivity contribution in [2.24, 2.45) is 7.05 Å². The van der Waals surface area contributed by atoms with Crippen LogP contribution in [-0.4, -0.2) is 22.1 Å². The molecule has 0 fully saturated rings. The number of rotatable bonds is 7. The summed E-state index contributed by atoms with van der Waals surface area (Å²) >= 11 is 0. The van der Waals surface area contributed by atoms with Crippen LogP contribution in [0, 0.1) is 5.82 Å². The van der Waals surface area contributed by atoms with E-state index < -0.39 is 24.4 Å². The Kier molecular flexibility index (Phi) is 6.33. The number of hydrogen-bond donors (Lipinski definition) is 1. The van der Waals surface area contributed by atoms with E-state index in [1.165, 1.54) is 30.4 Å². The molecule has 1 heterocycles. The van der Waals surface area contributed by atoms with Crippen LogP contribution in [0.1, 0.15) is 23.0 Å². The quantitative estimate of drug-likeness (QED) is 0.607. The maximum atomic E-state index is 13.3. The molecule has 1 aromatic heterocycles. The number of carbonyl (C=O) groups is 1. The van der Waals surface area contributed by atoms with Gasteiger partial charge in [0.2, 0.25) is 5.91 Å². The Morgan fingerprint density at radius 2 is 1.90 bits per heavy atom. The number of para-hydroxylation sites is 1. The molecule has 3 rings (SSSR count). The number of alkyl halides is 2. The Labute approximate surface area is 165 Å². The highest BCUT2D eigenvalue weighted by molar-refractivity contribution is 5.92. The zero-order valence-electron chi connectivity index (χ0n) is 15.4. The summed E-state index contributed by atoms with van der Waals surface area (Å²) in [6.45, 7) is -2.97. The van der Waals surface area contributed by atoms with E-state index in [9.17, 15) is 18.0 Å². The smallest absolute Gasteiger partial charge is 0.387 e. The number of halogens is 3. The lowest BCUT2D eigenvalue weighted by Gasteiger charge is -2.18. The van der Waals surface area contributed by atoms with Gasteiger partial charge in [-0.3, -0.25) is 4.79 Å². The Morgan fingerprint density at radius 1 is 1.17 bits per heavy atom. The monoisotopic (exact) mass is 401 g/mol. The summed E-state index contributed by atoms with van der Waals surface area (Å²) in [6.07, 6.45) is 5.91. The second kappa shape index (κ2) is 9.09. The molecule has 0 aliphatic carbocycles. The van der Waals surface area contributed by atoms with Crippen molar-refractivity contribution in [3.05, 3.63) is 89.8 Å². The van der Waals surface area contributed by atoms with E-state index in [2.05, 4.69) is 15.0 Å². The fourth-order valence-corrected chi connectivity index (χ4v) is 2.78. The van der Waals surface area contributed by atoms with Gasteiger partial charge in [-0.05, 0) is 29.8 Å². The molecule has 2 aromatic carbocycles. The van der Waals surface area contributed by atoms with E-state index in [0.29, 0.717) is 17.0 Å². The molecule has 8 heteroatoms. The number of nitrogens with one attached hydrogen (secondary N) is 1. The Balaban J connectivity index is 1.82. The van der Waals surface area contributed by atoms with Crippen LogP contribution in [0.2, 0.25) is 0 Å². The van der Waals surface area contributed by atoms with Gasteiger partial charge in [-0.25, -0.2) is 9.37 Å².